The number of carbonyl (C=O) groups is 2. The van der Waals surface area contributed by atoms with E-state index in [4.69, 9.17) is 65.4 Å². The number of aromatic amines is 1. The molecule has 28 heteroatoms. The summed E-state index contributed by atoms with van der Waals surface area (Å²) in [6, 6.07) is 1.09. The lowest BCUT2D eigenvalue weighted by Crippen LogP contribution is -2.48. The third kappa shape index (κ3) is 14.1. The molecule has 0 saturated carbocycles. The standard InChI is InChI=1S/C9H12N2O6.C6H14O12P2.C6H12O6/c12-3-4-6(14)7(15)8(17-4)11-2-1-5(13)10-9(11)16;7-1-2(8)3(9)4(10)5(11)6(12)19(13,14)18-20(15,16)17;7-1-3(9)5(11)6(12)4(10)2-8/h1-2,4,6-8,12,14-15H,3H2,(H,10,13,16);2-5,7-11H,1H2,(H,13,14)(H2,15,16,17);3,5-9,11-12H,1-2H2/t4-,6-,7-,8-;2-,3-,4+,5-;3-,5-,6-/m111/s1. The molecule has 2 rings (SSSR count). The van der Waals surface area contributed by atoms with E-state index in [1.165, 1.54) is 0 Å². The van der Waals surface area contributed by atoms with Crippen LogP contribution in [0, 0.1) is 0 Å². The Balaban J connectivity index is 0.000000727. The molecule has 1 unspecified atom stereocenters. The number of rotatable bonds is 15. The molecule has 0 aliphatic carbocycles. The molecule has 26 nitrogen and oxygen atoms in total. The van der Waals surface area contributed by atoms with Crippen molar-refractivity contribution in [2.24, 2.45) is 0 Å². The Bertz CT molecular complexity index is 1400. The Labute approximate surface area is 272 Å². The van der Waals surface area contributed by atoms with Gasteiger partial charge in [-0.05, 0) is 0 Å². The van der Waals surface area contributed by atoms with Gasteiger partial charge in [-0.25, -0.2) is 13.7 Å². The maximum atomic E-state index is 11.4. The van der Waals surface area contributed by atoms with E-state index in [9.17, 15) is 48.7 Å². The Morgan fingerprint density at radius 3 is 1.76 bits per heavy atom. The largest absolute Gasteiger partial charge is 0.477 e. The first-order valence-electron chi connectivity index (χ1n) is 13.1. The molecule has 49 heavy (non-hydrogen) atoms. The first-order valence-corrected chi connectivity index (χ1v) is 16.2. The predicted octanol–water partition coefficient (Wildman–Crippen LogP) is -9.99. The number of Topliss-reactive ketones (excluding diaryl/α,β-unsaturated/α-hetero) is 1. The Hall–Kier alpha value is -2.24. The van der Waals surface area contributed by atoms with Gasteiger partial charge in [-0.1, -0.05) is 0 Å². The van der Waals surface area contributed by atoms with E-state index >= 15 is 0 Å². The van der Waals surface area contributed by atoms with Gasteiger partial charge < -0.3 is 85.8 Å². The second kappa shape index (κ2) is 20.6. The fourth-order valence-corrected chi connectivity index (χ4v) is 5.32. The molecule has 1 fully saturated rings. The van der Waals surface area contributed by atoms with Gasteiger partial charge in [-0.2, -0.15) is 0 Å². The summed E-state index contributed by atoms with van der Waals surface area (Å²) in [5.74, 6) is -1.00. The maximum Gasteiger partial charge on any atom is 0.477 e. The number of aromatic nitrogens is 2. The molecule has 0 radical (unpaired) electrons. The van der Waals surface area contributed by atoms with E-state index in [1.807, 2.05) is 4.98 Å². The van der Waals surface area contributed by atoms with Crippen LogP contribution >= 0.6 is 15.4 Å². The summed E-state index contributed by atoms with van der Waals surface area (Å²) in [7, 11) is -11.2. The molecule has 1 saturated heterocycles. The van der Waals surface area contributed by atoms with Crippen LogP contribution in [0.25, 0.3) is 0 Å². The molecule has 0 aromatic carbocycles. The van der Waals surface area contributed by atoms with Gasteiger partial charge in [0.25, 0.3) is 11.1 Å². The van der Waals surface area contributed by atoms with Crippen LogP contribution in [0.15, 0.2) is 21.9 Å². The summed E-state index contributed by atoms with van der Waals surface area (Å²) < 4.78 is 30.9. The molecule has 2 heterocycles. The third-order valence-electron chi connectivity index (χ3n) is 6.04. The molecule has 1 aliphatic rings. The van der Waals surface area contributed by atoms with E-state index in [0.29, 0.717) is 0 Å². The average molecular weight is 764 g/mol. The summed E-state index contributed by atoms with van der Waals surface area (Å²) in [5, 5.41) is 116. The summed E-state index contributed by atoms with van der Waals surface area (Å²) in [5.41, 5.74) is -3.54. The molecule has 17 N–H and O–H groups in total. The van der Waals surface area contributed by atoms with Gasteiger partial charge in [0.1, 0.15) is 61.5 Å². The van der Waals surface area contributed by atoms with Gasteiger partial charge >= 0.3 is 21.1 Å². The second-order valence-electron chi connectivity index (χ2n) is 9.66. The number of hydrogen-bond donors (Lipinski definition) is 17. The number of aliphatic hydroxyl groups is 13. The molecule has 12 atom stereocenters. The zero-order chi connectivity index (χ0) is 38.6. The highest BCUT2D eigenvalue weighted by Gasteiger charge is 2.46. The first kappa shape index (κ1) is 46.8. The number of nitrogens with one attached hydrogen (secondary N) is 1. The molecule has 0 spiro atoms. The second-order valence-corrected chi connectivity index (χ2v) is 12.8. The lowest BCUT2D eigenvalue weighted by Gasteiger charge is -2.25. The number of phosphoric acid groups is 1. The SMILES string of the molecule is O=C(CO)[C@@H](O)[C@H](O)[C@H](O)CO.O=C([C@H](O)[C@@H](O)[C@H](O)[C@H](O)CO)P(=O)(O)OP(=O)(O)O.O=c1ccn([C@@H]2O[C@H](CO)[C@@H](O)[C@H]2O)c(=O)[nH]1. The Morgan fingerprint density at radius 2 is 1.35 bits per heavy atom. The summed E-state index contributed by atoms with van der Waals surface area (Å²) >= 11 is 0. The van der Waals surface area contributed by atoms with Crippen molar-refractivity contribution in [3.8, 4) is 0 Å². The molecule has 1 aliphatic heterocycles. The van der Waals surface area contributed by atoms with Crippen LogP contribution in [-0.4, -0.2) is 189 Å². The number of carbonyl (C=O) groups excluding carboxylic acids is 2. The van der Waals surface area contributed by atoms with Crippen LogP contribution in [0.5, 0.6) is 0 Å². The van der Waals surface area contributed by atoms with Gasteiger partial charge in [-0.15, -0.1) is 0 Å². The minimum Gasteiger partial charge on any atom is -0.394 e. The molecule has 0 amide bonds. The first-order chi connectivity index (χ1) is 22.4. The van der Waals surface area contributed by atoms with E-state index in [0.717, 1.165) is 16.8 Å². The van der Waals surface area contributed by atoms with Crippen LogP contribution in [0.2, 0.25) is 0 Å². The lowest BCUT2D eigenvalue weighted by molar-refractivity contribution is -0.142. The highest BCUT2D eigenvalue weighted by molar-refractivity contribution is 7.76. The summed E-state index contributed by atoms with van der Waals surface area (Å²) in [6.45, 7) is -3.23. The van der Waals surface area contributed by atoms with E-state index in [2.05, 4.69) is 4.31 Å². The van der Waals surface area contributed by atoms with Crippen molar-refractivity contribution >= 4 is 26.7 Å². The van der Waals surface area contributed by atoms with Gasteiger partial charge in [0, 0.05) is 12.3 Å². The van der Waals surface area contributed by atoms with Crippen molar-refractivity contribution in [3.05, 3.63) is 33.1 Å². The molecular weight excluding hydrogens is 726 g/mol. The number of H-pyrrole nitrogens is 1. The Kier molecular flexibility index (Phi) is 19.6. The quantitative estimate of drug-likeness (QED) is 0.0737. The van der Waals surface area contributed by atoms with Crippen LogP contribution in [0.4, 0.5) is 0 Å². The number of hydrogen-bond acceptors (Lipinski definition) is 21. The van der Waals surface area contributed by atoms with Crippen LogP contribution in [0.1, 0.15) is 6.23 Å². The smallest absolute Gasteiger partial charge is 0.394 e. The monoisotopic (exact) mass is 764 g/mol. The van der Waals surface area contributed by atoms with Gasteiger partial charge in [-0.3, -0.25) is 28.5 Å². The minimum absolute atomic E-state index is 0.479. The normalized spacial score (nSPS) is 24.7. The van der Waals surface area contributed by atoms with Crippen LogP contribution < -0.4 is 11.2 Å². The molecule has 0 bridgehead atoms. The van der Waals surface area contributed by atoms with Gasteiger partial charge in [0.15, 0.2) is 18.1 Å². The van der Waals surface area contributed by atoms with Crippen molar-refractivity contribution in [2.75, 3.05) is 26.4 Å². The van der Waals surface area contributed by atoms with E-state index in [1.54, 1.807) is 0 Å². The van der Waals surface area contributed by atoms with Crippen LogP contribution in [0.3, 0.4) is 0 Å². The predicted molar refractivity (Wildman–Crippen MR) is 151 cm³/mol. The van der Waals surface area contributed by atoms with E-state index < -0.39 is 132 Å². The van der Waals surface area contributed by atoms with Crippen molar-refractivity contribution in [1.82, 2.24) is 9.55 Å². The van der Waals surface area contributed by atoms with Gasteiger partial charge in [0.05, 0.1) is 19.8 Å². The zero-order valence-electron chi connectivity index (χ0n) is 24.6. The van der Waals surface area contributed by atoms with E-state index in [-0.39, 0.29) is 0 Å². The number of nitrogens with zero attached hydrogens (tertiary/aromatic N) is 1. The van der Waals surface area contributed by atoms with Crippen molar-refractivity contribution in [2.45, 2.75) is 67.3 Å². The Morgan fingerprint density at radius 1 is 0.837 bits per heavy atom. The highest BCUT2D eigenvalue weighted by Crippen LogP contribution is 2.58. The maximum absolute atomic E-state index is 11.4. The molecule has 1 aromatic heterocycles. The molecular formula is C21H38N2O24P2. The van der Waals surface area contributed by atoms with Crippen molar-refractivity contribution in [1.29, 1.82) is 0 Å². The zero-order valence-corrected chi connectivity index (χ0v) is 26.4. The lowest BCUT2D eigenvalue weighted by atomic mass is 10.0. The van der Waals surface area contributed by atoms with Crippen molar-refractivity contribution < 1.29 is 109 Å². The average Bonchev–Trinajstić information content (AvgIpc) is 3.33. The fourth-order valence-electron chi connectivity index (χ4n) is 3.36. The third-order valence-corrected chi connectivity index (χ3v) is 8.59. The van der Waals surface area contributed by atoms with Crippen molar-refractivity contribution in [3.63, 3.8) is 0 Å². The number of ketones is 1. The summed E-state index contributed by atoms with van der Waals surface area (Å²) in [4.78, 5) is 71.6. The fraction of sp³-hybridized carbons (Fsp3) is 0.714. The number of aliphatic hydroxyl groups excluding tert-OH is 13. The topological polar surface area (TPSA) is 465 Å². The summed E-state index contributed by atoms with van der Waals surface area (Å²) in [6.07, 6.45) is -18.4. The highest BCUT2D eigenvalue weighted by atomic mass is 31.3. The number of ether oxygens (including phenoxy) is 1. The molecule has 286 valence electrons. The molecule has 1 aromatic rings. The van der Waals surface area contributed by atoms with Gasteiger partial charge in [0.2, 0.25) is 0 Å². The minimum atomic E-state index is -5.66. The van der Waals surface area contributed by atoms with Crippen LogP contribution in [-0.2, 0) is 27.8 Å².